The Bertz CT molecular complexity index is 1180. The molecule has 176 valence electrons. The molecule has 8 heteroatoms. The molecule has 3 aromatic rings. The molecule has 1 N–H and O–H groups in total. The quantitative estimate of drug-likeness (QED) is 0.398. The van der Waals surface area contributed by atoms with Crippen molar-refractivity contribution in [2.24, 2.45) is 4.99 Å². The summed E-state index contributed by atoms with van der Waals surface area (Å²) < 4.78 is 16.0. The molecule has 0 unspecified atom stereocenters. The summed E-state index contributed by atoms with van der Waals surface area (Å²) in [6, 6.07) is 20.5. The third-order valence-electron chi connectivity index (χ3n) is 5.37. The highest BCUT2D eigenvalue weighted by Gasteiger charge is 2.32. The zero-order valence-electron chi connectivity index (χ0n) is 18.8. The van der Waals surface area contributed by atoms with Gasteiger partial charge in [0.25, 0.3) is 0 Å². The number of carbonyl (C=O) groups excluding carboxylic acids is 1. The molecule has 0 saturated heterocycles. The molecule has 1 aliphatic heterocycles. The van der Waals surface area contributed by atoms with Gasteiger partial charge in [0.15, 0.2) is 6.61 Å². The molecule has 6 nitrogen and oxygen atoms in total. The highest BCUT2D eigenvalue weighted by atomic mass is 35.5. The first-order valence-corrected chi connectivity index (χ1v) is 11.6. The van der Waals surface area contributed by atoms with Crippen LogP contribution in [0.5, 0.6) is 11.5 Å². The maximum atomic E-state index is 11.7. The maximum absolute atomic E-state index is 11.7. The van der Waals surface area contributed by atoms with Gasteiger partial charge >= 0.3 is 5.97 Å². The van der Waals surface area contributed by atoms with Crippen molar-refractivity contribution in [2.45, 2.75) is 19.0 Å². The fraction of sp³-hybridized carbons (Fsp3) is 0.231. The lowest BCUT2D eigenvalue weighted by Gasteiger charge is -2.20. The second-order valence-electron chi connectivity index (χ2n) is 7.64. The largest absolute Gasteiger partial charge is 0.497 e. The lowest BCUT2D eigenvalue weighted by molar-refractivity contribution is -0.145. The lowest BCUT2D eigenvalue weighted by Crippen LogP contribution is -2.25. The number of carbonyl (C=O) groups is 1. The second kappa shape index (κ2) is 10.8. The average Bonchev–Trinajstić information content (AvgIpc) is 3.29. The summed E-state index contributed by atoms with van der Waals surface area (Å²) in [4.78, 5) is 16.7. The molecule has 1 heterocycles. The van der Waals surface area contributed by atoms with E-state index in [-0.39, 0.29) is 18.7 Å². The van der Waals surface area contributed by atoms with E-state index in [1.807, 2.05) is 60.7 Å². The third kappa shape index (κ3) is 5.64. The Morgan fingerprint density at radius 2 is 1.56 bits per heavy atom. The number of halogens is 2. The molecule has 0 bridgehead atoms. The first-order chi connectivity index (χ1) is 16.5. The van der Waals surface area contributed by atoms with E-state index in [2.05, 4.69) is 5.32 Å². The lowest BCUT2D eigenvalue weighted by atomic mass is 9.95. The van der Waals surface area contributed by atoms with Crippen LogP contribution >= 0.6 is 23.2 Å². The van der Waals surface area contributed by atoms with Gasteiger partial charge in [0.1, 0.15) is 23.4 Å². The molecule has 0 fully saturated rings. The summed E-state index contributed by atoms with van der Waals surface area (Å²) in [7, 11) is 1.57. The molecular weight excluding hydrogens is 475 g/mol. The topological polar surface area (TPSA) is 69.2 Å². The summed E-state index contributed by atoms with van der Waals surface area (Å²) in [6.45, 7) is 1.85. The minimum atomic E-state index is -0.436. The predicted molar refractivity (Wildman–Crippen MR) is 133 cm³/mol. The first kappa shape index (κ1) is 23.9. The summed E-state index contributed by atoms with van der Waals surface area (Å²) in [6.07, 6.45) is 0. The summed E-state index contributed by atoms with van der Waals surface area (Å²) in [5, 5.41) is 4.87. The van der Waals surface area contributed by atoms with Gasteiger partial charge in [-0.3, -0.25) is 4.99 Å². The highest BCUT2D eigenvalue weighted by molar-refractivity contribution is 6.30. The van der Waals surface area contributed by atoms with Crippen molar-refractivity contribution in [3.8, 4) is 11.5 Å². The average molecular weight is 499 g/mol. The molecule has 0 spiro atoms. The molecule has 0 aromatic heterocycles. The van der Waals surface area contributed by atoms with E-state index in [9.17, 15) is 4.79 Å². The van der Waals surface area contributed by atoms with Crippen molar-refractivity contribution < 1.29 is 19.0 Å². The van der Waals surface area contributed by atoms with Crippen LogP contribution in [0.4, 0.5) is 0 Å². The summed E-state index contributed by atoms with van der Waals surface area (Å²) in [5.74, 6) is 1.30. The van der Waals surface area contributed by atoms with Crippen LogP contribution in [0, 0.1) is 0 Å². The fourth-order valence-electron chi connectivity index (χ4n) is 3.75. The molecule has 0 radical (unpaired) electrons. The van der Waals surface area contributed by atoms with E-state index >= 15 is 0 Å². The maximum Gasteiger partial charge on any atom is 0.344 e. The standard InChI is InChI=1S/C26H24Cl2N2O4/c1-3-33-23(31)15-34-22-13-18(12-21(14-22)32-2)26-29-24(16-4-8-19(27)9-5-16)25(30-26)17-6-10-20(28)11-7-17/h4-14,24-25H,3,15H2,1-2H3,(H,29,30)/t24-,25+. The van der Waals surface area contributed by atoms with E-state index in [0.717, 1.165) is 16.7 Å². The molecule has 0 aliphatic carbocycles. The number of aliphatic imine (C=N–C) groups is 1. The van der Waals surface area contributed by atoms with Crippen molar-refractivity contribution in [1.29, 1.82) is 0 Å². The van der Waals surface area contributed by atoms with Crippen molar-refractivity contribution in [3.05, 3.63) is 93.5 Å². The number of methoxy groups -OCH3 is 1. The van der Waals surface area contributed by atoms with E-state index in [4.69, 9.17) is 42.4 Å². The number of amidine groups is 1. The smallest absolute Gasteiger partial charge is 0.344 e. The van der Waals surface area contributed by atoms with Gasteiger partial charge in [0.2, 0.25) is 0 Å². The number of nitrogens with one attached hydrogen (secondary N) is 1. The summed E-state index contributed by atoms with van der Waals surface area (Å²) in [5.41, 5.74) is 2.84. The zero-order valence-corrected chi connectivity index (χ0v) is 20.3. The Balaban J connectivity index is 1.67. The third-order valence-corrected chi connectivity index (χ3v) is 5.87. The van der Waals surface area contributed by atoms with Crippen LogP contribution in [-0.2, 0) is 9.53 Å². The Hall–Kier alpha value is -3.22. The van der Waals surface area contributed by atoms with E-state index in [1.165, 1.54) is 0 Å². The van der Waals surface area contributed by atoms with Crippen molar-refractivity contribution in [2.75, 3.05) is 20.3 Å². The number of esters is 1. The van der Waals surface area contributed by atoms with Crippen molar-refractivity contribution in [3.63, 3.8) is 0 Å². The van der Waals surface area contributed by atoms with Crippen molar-refractivity contribution in [1.82, 2.24) is 5.32 Å². The molecule has 2 atom stereocenters. The monoisotopic (exact) mass is 498 g/mol. The molecule has 0 saturated carbocycles. The van der Waals surface area contributed by atoms with Crippen molar-refractivity contribution >= 4 is 35.0 Å². The fourth-order valence-corrected chi connectivity index (χ4v) is 4.00. The Morgan fingerprint density at radius 1 is 0.941 bits per heavy atom. The van der Waals surface area contributed by atoms with Gasteiger partial charge in [-0.2, -0.15) is 0 Å². The molecular formula is C26H24Cl2N2O4. The number of nitrogens with zero attached hydrogens (tertiary/aromatic N) is 1. The van der Waals surface area contributed by atoms with E-state index in [0.29, 0.717) is 34.0 Å². The Labute approximate surface area is 208 Å². The highest BCUT2D eigenvalue weighted by Crippen LogP contribution is 2.38. The van der Waals surface area contributed by atoms with Gasteiger partial charge in [-0.1, -0.05) is 47.5 Å². The van der Waals surface area contributed by atoms with Gasteiger partial charge in [-0.05, 0) is 54.4 Å². The molecule has 34 heavy (non-hydrogen) atoms. The predicted octanol–water partition coefficient (Wildman–Crippen LogP) is 5.78. The number of rotatable bonds is 8. The van der Waals surface area contributed by atoms with Crippen LogP contribution in [0.3, 0.4) is 0 Å². The number of ether oxygens (including phenoxy) is 3. The van der Waals surface area contributed by atoms with Gasteiger partial charge < -0.3 is 19.5 Å². The van der Waals surface area contributed by atoms with Gasteiger partial charge in [0, 0.05) is 21.7 Å². The number of hydrogen-bond donors (Lipinski definition) is 1. The van der Waals surface area contributed by atoms with E-state index < -0.39 is 5.97 Å². The van der Waals surface area contributed by atoms with Gasteiger partial charge in [-0.25, -0.2) is 4.79 Å². The molecule has 3 aromatic carbocycles. The molecule has 1 aliphatic rings. The SMILES string of the molecule is CCOC(=O)COc1cc(OC)cc(C2=N[C@H](c3ccc(Cl)cc3)[C@H](c3ccc(Cl)cc3)N2)c1. The van der Waals surface area contributed by atoms with Crippen LogP contribution in [0.1, 0.15) is 35.7 Å². The minimum Gasteiger partial charge on any atom is -0.497 e. The second-order valence-corrected chi connectivity index (χ2v) is 8.51. The van der Waals surface area contributed by atoms with Crippen LogP contribution in [0.25, 0.3) is 0 Å². The molecule has 4 rings (SSSR count). The molecule has 0 amide bonds. The number of benzene rings is 3. The van der Waals surface area contributed by atoms with Crippen LogP contribution in [0.2, 0.25) is 10.0 Å². The zero-order chi connectivity index (χ0) is 24.1. The van der Waals surface area contributed by atoms with Crippen LogP contribution in [-0.4, -0.2) is 32.1 Å². The Kier molecular flexibility index (Phi) is 7.60. The number of hydrogen-bond acceptors (Lipinski definition) is 6. The van der Waals surface area contributed by atoms with Crippen LogP contribution in [0.15, 0.2) is 71.7 Å². The van der Waals surface area contributed by atoms with Crippen LogP contribution < -0.4 is 14.8 Å². The minimum absolute atomic E-state index is 0.122. The Morgan fingerprint density at radius 3 is 2.18 bits per heavy atom. The normalized spacial score (nSPS) is 17.0. The summed E-state index contributed by atoms with van der Waals surface area (Å²) >= 11 is 12.2. The van der Waals surface area contributed by atoms with Gasteiger partial charge in [0.05, 0.1) is 19.8 Å². The first-order valence-electron chi connectivity index (χ1n) is 10.8. The van der Waals surface area contributed by atoms with Gasteiger partial charge in [-0.15, -0.1) is 0 Å². The van der Waals surface area contributed by atoms with E-state index in [1.54, 1.807) is 20.1 Å².